The fourth-order valence-corrected chi connectivity index (χ4v) is 2.37. The molecule has 0 aliphatic heterocycles. The zero-order chi connectivity index (χ0) is 9.31. The molecule has 0 radical (unpaired) electrons. The Labute approximate surface area is 83.4 Å². The lowest BCUT2D eigenvalue weighted by molar-refractivity contribution is 0.524. The second-order valence-corrected chi connectivity index (χ2v) is 4.94. The first kappa shape index (κ1) is 9.03. The number of nitrogens with zero attached hydrogens (tertiary/aromatic N) is 1. The quantitative estimate of drug-likeness (QED) is 0.797. The summed E-state index contributed by atoms with van der Waals surface area (Å²) in [5.41, 5.74) is 6.19. The molecule has 1 aliphatic rings. The summed E-state index contributed by atoms with van der Waals surface area (Å²) in [5, 5.41) is 3.47. The van der Waals surface area contributed by atoms with Crippen molar-refractivity contribution < 1.29 is 0 Å². The molecule has 3 heteroatoms. The van der Waals surface area contributed by atoms with Crippen LogP contribution in [0.2, 0.25) is 0 Å². The molecule has 0 unspecified atom stereocenters. The van der Waals surface area contributed by atoms with Crippen molar-refractivity contribution in [3.05, 3.63) is 17.5 Å². The molecule has 0 aromatic carbocycles. The molecule has 1 aliphatic carbocycles. The summed E-state index contributed by atoms with van der Waals surface area (Å²) in [6.45, 7) is 1.95. The molecule has 1 fully saturated rings. The molecule has 1 heterocycles. The Kier molecular flexibility index (Phi) is 2.30. The van der Waals surface area contributed by atoms with E-state index in [2.05, 4.69) is 29.5 Å². The van der Waals surface area contributed by atoms with Crippen LogP contribution in [0.5, 0.6) is 0 Å². The minimum atomic E-state index is 0.443. The Balaban J connectivity index is 1.96. The van der Waals surface area contributed by atoms with Crippen LogP contribution in [-0.2, 0) is 0 Å². The van der Waals surface area contributed by atoms with Gasteiger partial charge in [0.1, 0.15) is 0 Å². The van der Waals surface area contributed by atoms with Gasteiger partial charge in [0.05, 0.1) is 5.00 Å². The Morgan fingerprint density at radius 3 is 2.85 bits per heavy atom. The lowest BCUT2D eigenvalue weighted by atomic mass is 10.1. The van der Waals surface area contributed by atoms with Crippen molar-refractivity contribution in [1.82, 2.24) is 0 Å². The molecule has 1 saturated carbocycles. The smallest absolute Gasteiger partial charge is 0.0906 e. The van der Waals surface area contributed by atoms with E-state index in [-0.39, 0.29) is 0 Å². The second-order valence-electron chi connectivity index (χ2n) is 4.01. The van der Waals surface area contributed by atoms with Crippen LogP contribution in [0.3, 0.4) is 0 Å². The van der Waals surface area contributed by atoms with Crippen molar-refractivity contribution >= 4 is 16.3 Å². The zero-order valence-electron chi connectivity index (χ0n) is 7.99. The Bertz CT molecular complexity index is 264. The highest BCUT2D eigenvalue weighted by atomic mass is 32.1. The average molecular weight is 196 g/mol. The summed E-state index contributed by atoms with van der Waals surface area (Å²) in [7, 11) is 2.15. The minimum Gasteiger partial charge on any atom is -0.366 e. The van der Waals surface area contributed by atoms with Crippen LogP contribution in [0.15, 0.2) is 17.5 Å². The summed E-state index contributed by atoms with van der Waals surface area (Å²) in [5.74, 6) is 0. The van der Waals surface area contributed by atoms with E-state index >= 15 is 0 Å². The highest BCUT2D eigenvalue weighted by Crippen LogP contribution is 2.45. The van der Waals surface area contributed by atoms with Gasteiger partial charge in [-0.15, -0.1) is 11.3 Å². The average Bonchev–Trinajstić information content (AvgIpc) is 2.69. The normalized spacial score (nSPS) is 18.6. The van der Waals surface area contributed by atoms with Gasteiger partial charge in [-0.05, 0) is 36.9 Å². The van der Waals surface area contributed by atoms with Crippen molar-refractivity contribution in [3.63, 3.8) is 0 Å². The molecule has 0 saturated heterocycles. The first-order valence-corrected chi connectivity index (χ1v) is 5.58. The Morgan fingerprint density at radius 2 is 2.38 bits per heavy atom. The SMILES string of the molecule is CN(CC1(CN)CC1)c1cccs1. The third-order valence-corrected chi connectivity index (χ3v) is 3.83. The highest BCUT2D eigenvalue weighted by Gasteiger charge is 2.42. The van der Waals surface area contributed by atoms with Gasteiger partial charge >= 0.3 is 0 Å². The summed E-state index contributed by atoms with van der Waals surface area (Å²) in [6.07, 6.45) is 2.61. The van der Waals surface area contributed by atoms with Crippen LogP contribution < -0.4 is 10.6 Å². The standard InChI is InChI=1S/C10H16N2S/c1-12(9-3-2-6-13-9)8-10(7-11)4-5-10/h2-3,6H,4-5,7-8,11H2,1H3. The molecular weight excluding hydrogens is 180 g/mol. The summed E-state index contributed by atoms with van der Waals surface area (Å²) < 4.78 is 0. The maximum absolute atomic E-state index is 5.75. The first-order chi connectivity index (χ1) is 6.26. The van der Waals surface area contributed by atoms with E-state index < -0.39 is 0 Å². The summed E-state index contributed by atoms with van der Waals surface area (Å²) in [4.78, 5) is 2.32. The number of nitrogens with two attached hydrogens (primary N) is 1. The second kappa shape index (κ2) is 3.31. The molecule has 1 aromatic rings. The molecule has 0 amide bonds. The van der Waals surface area contributed by atoms with Crippen molar-refractivity contribution in [2.45, 2.75) is 12.8 Å². The number of anilines is 1. The monoisotopic (exact) mass is 196 g/mol. The van der Waals surface area contributed by atoms with Crippen LogP contribution >= 0.6 is 11.3 Å². The lowest BCUT2D eigenvalue weighted by Crippen LogP contribution is -2.30. The van der Waals surface area contributed by atoms with E-state index in [1.54, 1.807) is 11.3 Å². The molecule has 72 valence electrons. The molecular formula is C10H16N2S. The number of hydrogen-bond acceptors (Lipinski definition) is 3. The predicted octanol–water partition coefficient (Wildman–Crippen LogP) is 1.92. The van der Waals surface area contributed by atoms with E-state index in [1.165, 1.54) is 17.8 Å². The number of thiophene rings is 1. The van der Waals surface area contributed by atoms with Gasteiger partial charge in [0.25, 0.3) is 0 Å². The number of rotatable bonds is 4. The van der Waals surface area contributed by atoms with E-state index in [4.69, 9.17) is 5.73 Å². The van der Waals surface area contributed by atoms with Crippen molar-refractivity contribution in [1.29, 1.82) is 0 Å². The molecule has 0 bridgehead atoms. The van der Waals surface area contributed by atoms with Crippen molar-refractivity contribution in [2.75, 3.05) is 25.0 Å². The summed E-state index contributed by atoms with van der Waals surface area (Å²) in [6, 6.07) is 4.26. The van der Waals surface area contributed by atoms with Gasteiger partial charge in [0.15, 0.2) is 0 Å². The van der Waals surface area contributed by atoms with Crippen LogP contribution in [0, 0.1) is 5.41 Å². The topological polar surface area (TPSA) is 29.3 Å². The maximum Gasteiger partial charge on any atom is 0.0906 e. The maximum atomic E-state index is 5.75. The molecule has 1 aromatic heterocycles. The van der Waals surface area contributed by atoms with Crippen LogP contribution in [0.4, 0.5) is 5.00 Å². The van der Waals surface area contributed by atoms with Gasteiger partial charge < -0.3 is 10.6 Å². The van der Waals surface area contributed by atoms with Crippen molar-refractivity contribution in [3.8, 4) is 0 Å². The van der Waals surface area contributed by atoms with Crippen LogP contribution in [0.1, 0.15) is 12.8 Å². The number of hydrogen-bond donors (Lipinski definition) is 1. The third-order valence-electron chi connectivity index (χ3n) is 2.85. The van der Waals surface area contributed by atoms with Gasteiger partial charge in [-0.1, -0.05) is 0 Å². The van der Waals surface area contributed by atoms with Gasteiger partial charge in [-0.2, -0.15) is 0 Å². The largest absolute Gasteiger partial charge is 0.366 e. The Hall–Kier alpha value is -0.540. The summed E-state index contributed by atoms with van der Waals surface area (Å²) >= 11 is 1.80. The predicted molar refractivity (Wildman–Crippen MR) is 58.3 cm³/mol. The van der Waals surface area contributed by atoms with Gasteiger partial charge in [-0.25, -0.2) is 0 Å². The molecule has 2 nitrogen and oxygen atoms in total. The minimum absolute atomic E-state index is 0.443. The van der Waals surface area contributed by atoms with Gasteiger partial charge in [-0.3, -0.25) is 0 Å². The van der Waals surface area contributed by atoms with E-state index in [1.807, 2.05) is 0 Å². The van der Waals surface area contributed by atoms with Gasteiger partial charge in [0, 0.05) is 19.0 Å². The van der Waals surface area contributed by atoms with E-state index in [0.717, 1.165) is 13.1 Å². The third kappa shape index (κ3) is 1.86. The fraction of sp³-hybridized carbons (Fsp3) is 0.600. The lowest BCUT2D eigenvalue weighted by Gasteiger charge is -2.22. The van der Waals surface area contributed by atoms with E-state index in [0.29, 0.717) is 5.41 Å². The molecule has 0 atom stereocenters. The first-order valence-electron chi connectivity index (χ1n) is 4.70. The highest BCUT2D eigenvalue weighted by molar-refractivity contribution is 7.14. The molecule has 2 N–H and O–H groups in total. The Morgan fingerprint density at radius 1 is 1.62 bits per heavy atom. The van der Waals surface area contributed by atoms with Gasteiger partial charge in [0.2, 0.25) is 0 Å². The van der Waals surface area contributed by atoms with Crippen LogP contribution in [0.25, 0.3) is 0 Å². The van der Waals surface area contributed by atoms with Crippen LogP contribution in [-0.4, -0.2) is 20.1 Å². The molecule has 13 heavy (non-hydrogen) atoms. The molecule has 2 rings (SSSR count). The molecule has 0 spiro atoms. The van der Waals surface area contributed by atoms with E-state index in [9.17, 15) is 0 Å². The van der Waals surface area contributed by atoms with Crippen molar-refractivity contribution in [2.24, 2.45) is 11.1 Å². The zero-order valence-corrected chi connectivity index (χ0v) is 8.81. The fourth-order valence-electron chi connectivity index (χ4n) is 1.67.